The van der Waals surface area contributed by atoms with E-state index < -0.39 is 10.0 Å². The molecule has 0 aromatic heterocycles. The zero-order chi connectivity index (χ0) is 15.7. The zero-order valence-electron chi connectivity index (χ0n) is 11.3. The topological polar surface area (TPSA) is 66.4 Å². The summed E-state index contributed by atoms with van der Waals surface area (Å²) in [7, 11) is -3.77. The fraction of sp³-hybridized carbons (Fsp3) is 0. The Balaban J connectivity index is 2.10. The van der Waals surface area contributed by atoms with E-state index in [1.807, 2.05) is 0 Å². The van der Waals surface area contributed by atoms with Crippen molar-refractivity contribution in [2.75, 3.05) is 4.72 Å². The van der Waals surface area contributed by atoms with Crippen molar-refractivity contribution in [3.05, 3.63) is 65.7 Å². The molecule has 0 bridgehead atoms. The lowest BCUT2D eigenvalue weighted by Crippen LogP contribution is -2.13. The van der Waals surface area contributed by atoms with Crippen molar-refractivity contribution in [1.82, 2.24) is 0 Å². The highest BCUT2D eigenvalue weighted by Gasteiger charge is 2.18. The molecule has 4 nitrogen and oxygen atoms in total. The third kappa shape index (κ3) is 2.61. The molecule has 0 atom stereocenters. The van der Waals surface area contributed by atoms with E-state index in [1.54, 1.807) is 48.5 Å². The quantitative estimate of drug-likeness (QED) is 0.761. The molecular formula is C16H12ClNO3S. The highest BCUT2D eigenvalue weighted by molar-refractivity contribution is 7.92. The van der Waals surface area contributed by atoms with Crippen LogP contribution in [0.5, 0.6) is 5.75 Å². The first-order valence-corrected chi connectivity index (χ1v) is 8.33. The first kappa shape index (κ1) is 14.7. The summed E-state index contributed by atoms with van der Waals surface area (Å²) < 4.78 is 27.1. The second-order valence-corrected chi connectivity index (χ2v) is 6.79. The molecule has 0 aliphatic rings. The summed E-state index contributed by atoms with van der Waals surface area (Å²) in [6, 6.07) is 16.6. The molecule has 0 amide bonds. The van der Waals surface area contributed by atoms with Crippen LogP contribution in [0.15, 0.2) is 65.6 Å². The number of phenols is 1. The van der Waals surface area contributed by atoms with Gasteiger partial charge in [0.1, 0.15) is 10.8 Å². The number of hydrogen-bond acceptors (Lipinski definition) is 3. The van der Waals surface area contributed by atoms with Gasteiger partial charge in [-0.15, -0.1) is 0 Å². The summed E-state index contributed by atoms with van der Waals surface area (Å²) in [6.45, 7) is 0. The number of anilines is 1. The van der Waals surface area contributed by atoms with Gasteiger partial charge in [0.15, 0.2) is 0 Å². The van der Waals surface area contributed by atoms with Crippen LogP contribution >= 0.6 is 11.6 Å². The molecular weight excluding hydrogens is 322 g/mol. The third-order valence-electron chi connectivity index (χ3n) is 3.26. The molecule has 0 aliphatic heterocycles. The minimum Gasteiger partial charge on any atom is -0.506 e. The first-order chi connectivity index (χ1) is 10.5. The molecule has 0 spiro atoms. The molecule has 112 valence electrons. The van der Waals surface area contributed by atoms with E-state index in [9.17, 15) is 13.5 Å². The van der Waals surface area contributed by atoms with Crippen LogP contribution in [-0.2, 0) is 10.0 Å². The normalized spacial score (nSPS) is 11.5. The minimum atomic E-state index is -3.77. The predicted molar refractivity (Wildman–Crippen MR) is 87.9 cm³/mol. The number of benzene rings is 3. The maximum atomic E-state index is 12.3. The smallest absolute Gasteiger partial charge is 0.261 e. The molecule has 0 fully saturated rings. The molecule has 22 heavy (non-hydrogen) atoms. The van der Waals surface area contributed by atoms with E-state index in [-0.39, 0.29) is 21.4 Å². The Hall–Kier alpha value is -2.24. The fourth-order valence-corrected chi connectivity index (χ4v) is 3.52. The van der Waals surface area contributed by atoms with Gasteiger partial charge in [-0.2, -0.15) is 0 Å². The van der Waals surface area contributed by atoms with E-state index in [1.165, 1.54) is 12.1 Å². The number of halogens is 1. The van der Waals surface area contributed by atoms with E-state index in [0.717, 1.165) is 0 Å². The number of rotatable bonds is 3. The Kier molecular flexibility index (Phi) is 3.68. The lowest BCUT2D eigenvalue weighted by molar-refractivity contribution is 0.482. The van der Waals surface area contributed by atoms with Gasteiger partial charge in [-0.3, -0.25) is 4.72 Å². The molecule has 0 aliphatic carbocycles. The molecule has 3 aromatic carbocycles. The van der Waals surface area contributed by atoms with Crippen LogP contribution in [0.3, 0.4) is 0 Å². The van der Waals surface area contributed by atoms with Gasteiger partial charge in [0.2, 0.25) is 0 Å². The number of phenolic OH excluding ortho intramolecular Hbond substituents is 1. The van der Waals surface area contributed by atoms with Gasteiger partial charge < -0.3 is 5.11 Å². The summed E-state index contributed by atoms with van der Waals surface area (Å²) in [6.07, 6.45) is 0. The highest BCUT2D eigenvalue weighted by atomic mass is 35.5. The average molecular weight is 334 g/mol. The standard InChI is InChI=1S/C16H12ClNO3S/c17-15-14(10-11-6-4-5-9-13(11)16(15)19)18-22(20,21)12-7-2-1-3-8-12/h1-10,18-19H. The lowest BCUT2D eigenvalue weighted by atomic mass is 10.1. The van der Waals surface area contributed by atoms with Crippen LogP contribution in [0.25, 0.3) is 10.8 Å². The number of fused-ring (bicyclic) bond motifs is 1. The monoisotopic (exact) mass is 333 g/mol. The summed E-state index contributed by atoms with van der Waals surface area (Å²) in [5.74, 6) is -0.148. The van der Waals surface area contributed by atoms with Crippen molar-refractivity contribution >= 4 is 38.1 Å². The molecule has 0 unspecified atom stereocenters. The molecule has 0 saturated carbocycles. The number of hydrogen-bond donors (Lipinski definition) is 2. The van der Waals surface area contributed by atoms with E-state index in [4.69, 9.17) is 11.6 Å². The van der Waals surface area contributed by atoms with Gasteiger partial charge in [0.25, 0.3) is 10.0 Å². The van der Waals surface area contributed by atoms with Crippen LogP contribution in [0.1, 0.15) is 0 Å². The minimum absolute atomic E-state index is 0.0294. The molecule has 3 rings (SSSR count). The van der Waals surface area contributed by atoms with Gasteiger partial charge in [-0.25, -0.2) is 8.42 Å². The summed E-state index contributed by atoms with van der Waals surface area (Å²) in [5.41, 5.74) is 0.140. The van der Waals surface area contributed by atoms with E-state index in [2.05, 4.69) is 4.72 Å². The summed E-state index contributed by atoms with van der Waals surface area (Å²) in [5, 5.41) is 11.4. The Morgan fingerprint density at radius 3 is 2.32 bits per heavy atom. The predicted octanol–water partition coefficient (Wildman–Crippen LogP) is 4.00. The maximum absolute atomic E-state index is 12.3. The van der Waals surface area contributed by atoms with Gasteiger partial charge in [-0.05, 0) is 23.6 Å². The zero-order valence-corrected chi connectivity index (χ0v) is 12.9. The molecule has 0 radical (unpaired) electrons. The Labute approximate surface area is 133 Å². The van der Waals surface area contributed by atoms with Gasteiger partial charge in [0.05, 0.1) is 10.6 Å². The van der Waals surface area contributed by atoms with Crippen molar-refractivity contribution in [1.29, 1.82) is 0 Å². The van der Waals surface area contributed by atoms with Crippen LogP contribution in [0.2, 0.25) is 5.02 Å². The Morgan fingerprint density at radius 1 is 0.955 bits per heavy atom. The number of sulfonamides is 1. The largest absolute Gasteiger partial charge is 0.506 e. The average Bonchev–Trinajstić information content (AvgIpc) is 2.53. The molecule has 0 saturated heterocycles. The van der Waals surface area contributed by atoms with Crippen LogP contribution in [0, 0.1) is 0 Å². The van der Waals surface area contributed by atoms with Crippen molar-refractivity contribution in [3.8, 4) is 5.75 Å². The lowest BCUT2D eigenvalue weighted by Gasteiger charge is -2.12. The second kappa shape index (κ2) is 5.51. The number of nitrogens with one attached hydrogen (secondary N) is 1. The van der Waals surface area contributed by atoms with Gasteiger partial charge in [-0.1, -0.05) is 54.1 Å². The van der Waals surface area contributed by atoms with Gasteiger partial charge >= 0.3 is 0 Å². The molecule has 6 heteroatoms. The molecule has 0 heterocycles. The Morgan fingerprint density at radius 2 is 1.59 bits per heavy atom. The fourth-order valence-electron chi connectivity index (χ4n) is 2.18. The summed E-state index contributed by atoms with van der Waals surface area (Å²) in [4.78, 5) is 0.124. The van der Waals surface area contributed by atoms with Crippen molar-refractivity contribution in [2.24, 2.45) is 0 Å². The van der Waals surface area contributed by atoms with Crippen molar-refractivity contribution in [3.63, 3.8) is 0 Å². The van der Waals surface area contributed by atoms with Crippen LogP contribution < -0.4 is 4.72 Å². The van der Waals surface area contributed by atoms with E-state index in [0.29, 0.717) is 10.8 Å². The van der Waals surface area contributed by atoms with Crippen molar-refractivity contribution in [2.45, 2.75) is 4.90 Å². The molecule has 2 N–H and O–H groups in total. The maximum Gasteiger partial charge on any atom is 0.261 e. The second-order valence-electron chi connectivity index (χ2n) is 4.73. The van der Waals surface area contributed by atoms with Crippen molar-refractivity contribution < 1.29 is 13.5 Å². The van der Waals surface area contributed by atoms with Gasteiger partial charge in [0, 0.05) is 5.39 Å². The van der Waals surface area contributed by atoms with Crippen LogP contribution in [-0.4, -0.2) is 13.5 Å². The van der Waals surface area contributed by atoms with E-state index >= 15 is 0 Å². The number of aromatic hydroxyl groups is 1. The third-order valence-corrected chi connectivity index (χ3v) is 5.02. The SMILES string of the molecule is O=S(=O)(Nc1cc2ccccc2c(O)c1Cl)c1ccccc1. The summed E-state index contributed by atoms with van der Waals surface area (Å²) >= 11 is 6.09. The highest BCUT2D eigenvalue weighted by Crippen LogP contribution is 2.39. The first-order valence-electron chi connectivity index (χ1n) is 6.47. The Bertz CT molecular complexity index is 940. The molecule has 3 aromatic rings. The van der Waals surface area contributed by atoms with Crippen LogP contribution in [0.4, 0.5) is 5.69 Å².